The molecule has 0 aromatic heterocycles. The Labute approximate surface area is 97.1 Å². The van der Waals surface area contributed by atoms with Gasteiger partial charge < -0.3 is 5.11 Å². The lowest BCUT2D eigenvalue weighted by Crippen LogP contribution is -2.17. The van der Waals surface area contributed by atoms with Gasteiger partial charge in [-0.25, -0.2) is 0 Å². The van der Waals surface area contributed by atoms with Crippen LogP contribution in [0.1, 0.15) is 25.0 Å². The van der Waals surface area contributed by atoms with Crippen molar-refractivity contribution in [2.45, 2.75) is 19.4 Å². The molecule has 0 radical (unpaired) electrons. The lowest BCUT2D eigenvalue weighted by molar-refractivity contribution is 0.104. The first-order chi connectivity index (χ1) is 7.79. The molecule has 1 aromatic carbocycles. The molecule has 1 aromatic rings. The molecule has 0 bridgehead atoms. The van der Waals surface area contributed by atoms with E-state index in [1.807, 2.05) is 30.3 Å². The average molecular weight is 214 g/mol. The SMILES string of the molecule is CC(C1C=CCC=C1)C(O)c1ccccc1. The van der Waals surface area contributed by atoms with E-state index in [0.717, 1.165) is 12.0 Å². The summed E-state index contributed by atoms with van der Waals surface area (Å²) in [6.07, 6.45) is 9.34. The van der Waals surface area contributed by atoms with E-state index in [1.165, 1.54) is 0 Å². The number of rotatable bonds is 3. The highest BCUT2D eigenvalue weighted by atomic mass is 16.3. The van der Waals surface area contributed by atoms with Crippen LogP contribution in [0.3, 0.4) is 0 Å². The molecule has 0 amide bonds. The van der Waals surface area contributed by atoms with Crippen molar-refractivity contribution < 1.29 is 5.11 Å². The molecule has 2 unspecified atom stereocenters. The molecule has 84 valence electrons. The van der Waals surface area contributed by atoms with Gasteiger partial charge in [0.05, 0.1) is 6.10 Å². The topological polar surface area (TPSA) is 20.2 Å². The smallest absolute Gasteiger partial charge is 0.0824 e. The standard InChI is InChI=1S/C15H18O/c1-12(13-8-4-2-5-9-13)15(16)14-10-6-3-7-11-14/h3-13,15-16H,2H2,1H3. The van der Waals surface area contributed by atoms with E-state index < -0.39 is 6.10 Å². The highest BCUT2D eigenvalue weighted by Crippen LogP contribution is 2.30. The number of allylic oxidation sites excluding steroid dienone is 4. The van der Waals surface area contributed by atoms with Gasteiger partial charge in [-0.2, -0.15) is 0 Å². The zero-order valence-corrected chi connectivity index (χ0v) is 9.58. The van der Waals surface area contributed by atoms with E-state index in [0.29, 0.717) is 5.92 Å². The Morgan fingerprint density at radius 3 is 2.38 bits per heavy atom. The number of benzene rings is 1. The Balaban J connectivity index is 2.10. The zero-order valence-electron chi connectivity index (χ0n) is 9.58. The summed E-state index contributed by atoms with van der Waals surface area (Å²) in [5.41, 5.74) is 1.00. The summed E-state index contributed by atoms with van der Waals surface area (Å²) in [6.45, 7) is 2.10. The molecule has 0 heterocycles. The molecule has 16 heavy (non-hydrogen) atoms. The van der Waals surface area contributed by atoms with Crippen molar-refractivity contribution in [3.05, 3.63) is 60.2 Å². The van der Waals surface area contributed by atoms with Crippen molar-refractivity contribution in [3.63, 3.8) is 0 Å². The fraction of sp³-hybridized carbons (Fsp3) is 0.333. The number of aliphatic hydroxyl groups excluding tert-OH is 1. The van der Waals surface area contributed by atoms with E-state index in [-0.39, 0.29) is 5.92 Å². The van der Waals surface area contributed by atoms with Crippen LogP contribution >= 0.6 is 0 Å². The Morgan fingerprint density at radius 1 is 1.12 bits per heavy atom. The first-order valence-electron chi connectivity index (χ1n) is 5.85. The molecule has 0 saturated heterocycles. The number of hydrogen-bond donors (Lipinski definition) is 1. The predicted octanol–water partition coefficient (Wildman–Crippen LogP) is 3.49. The van der Waals surface area contributed by atoms with E-state index in [1.54, 1.807) is 0 Å². The van der Waals surface area contributed by atoms with Crippen LogP contribution in [0, 0.1) is 11.8 Å². The van der Waals surface area contributed by atoms with E-state index in [2.05, 4.69) is 31.2 Å². The van der Waals surface area contributed by atoms with Gasteiger partial charge in [0.1, 0.15) is 0 Å². The summed E-state index contributed by atoms with van der Waals surface area (Å²) in [4.78, 5) is 0. The normalized spacial score (nSPS) is 19.6. The van der Waals surface area contributed by atoms with Crippen LogP contribution in [0.15, 0.2) is 54.6 Å². The van der Waals surface area contributed by atoms with E-state index in [9.17, 15) is 5.11 Å². The van der Waals surface area contributed by atoms with Gasteiger partial charge in [-0.1, -0.05) is 61.6 Å². The fourth-order valence-electron chi connectivity index (χ4n) is 2.13. The molecule has 1 nitrogen and oxygen atoms in total. The minimum Gasteiger partial charge on any atom is -0.388 e. The quantitative estimate of drug-likeness (QED) is 0.764. The van der Waals surface area contributed by atoms with Crippen LogP contribution in [0.5, 0.6) is 0 Å². The molecule has 0 fully saturated rings. The van der Waals surface area contributed by atoms with Crippen molar-refractivity contribution in [1.82, 2.24) is 0 Å². The summed E-state index contributed by atoms with van der Waals surface area (Å²) in [6, 6.07) is 9.88. The maximum atomic E-state index is 10.3. The van der Waals surface area contributed by atoms with Gasteiger partial charge in [-0.3, -0.25) is 0 Å². The third-order valence-corrected chi connectivity index (χ3v) is 3.24. The summed E-state index contributed by atoms with van der Waals surface area (Å²) in [7, 11) is 0. The molecule has 0 aliphatic heterocycles. The maximum Gasteiger partial charge on any atom is 0.0824 e. The fourth-order valence-corrected chi connectivity index (χ4v) is 2.13. The van der Waals surface area contributed by atoms with Crippen LogP contribution in [0.4, 0.5) is 0 Å². The summed E-state index contributed by atoms with van der Waals surface area (Å²) in [5, 5.41) is 10.3. The van der Waals surface area contributed by atoms with Crippen LogP contribution < -0.4 is 0 Å². The monoisotopic (exact) mass is 214 g/mol. The second kappa shape index (κ2) is 5.13. The Kier molecular flexibility index (Phi) is 3.58. The first kappa shape index (κ1) is 11.2. The first-order valence-corrected chi connectivity index (χ1v) is 5.85. The number of hydrogen-bond acceptors (Lipinski definition) is 1. The molecule has 1 aliphatic carbocycles. The third kappa shape index (κ3) is 2.42. The van der Waals surface area contributed by atoms with Crippen LogP contribution in [-0.2, 0) is 0 Å². The maximum absolute atomic E-state index is 10.3. The molecular weight excluding hydrogens is 196 g/mol. The van der Waals surface area contributed by atoms with Crippen LogP contribution in [0.25, 0.3) is 0 Å². The minimum atomic E-state index is -0.390. The average Bonchev–Trinajstić information content (AvgIpc) is 2.39. The Bertz CT molecular complexity index is 366. The van der Waals surface area contributed by atoms with Crippen molar-refractivity contribution in [3.8, 4) is 0 Å². The number of aliphatic hydroxyl groups is 1. The third-order valence-electron chi connectivity index (χ3n) is 3.24. The van der Waals surface area contributed by atoms with Gasteiger partial charge in [0.2, 0.25) is 0 Å². The largest absolute Gasteiger partial charge is 0.388 e. The molecule has 0 saturated carbocycles. The van der Waals surface area contributed by atoms with E-state index in [4.69, 9.17) is 0 Å². The van der Waals surface area contributed by atoms with Gasteiger partial charge in [0.15, 0.2) is 0 Å². The van der Waals surface area contributed by atoms with Gasteiger partial charge in [-0.05, 0) is 17.9 Å². The Morgan fingerprint density at radius 2 is 1.75 bits per heavy atom. The second-order valence-corrected chi connectivity index (χ2v) is 4.38. The highest BCUT2D eigenvalue weighted by Gasteiger charge is 2.22. The van der Waals surface area contributed by atoms with Crippen molar-refractivity contribution in [1.29, 1.82) is 0 Å². The van der Waals surface area contributed by atoms with Crippen LogP contribution in [-0.4, -0.2) is 5.11 Å². The predicted molar refractivity (Wildman–Crippen MR) is 67.0 cm³/mol. The Hall–Kier alpha value is -1.34. The summed E-state index contributed by atoms with van der Waals surface area (Å²) < 4.78 is 0. The van der Waals surface area contributed by atoms with Crippen molar-refractivity contribution in [2.24, 2.45) is 11.8 Å². The molecule has 2 atom stereocenters. The second-order valence-electron chi connectivity index (χ2n) is 4.38. The summed E-state index contributed by atoms with van der Waals surface area (Å²) in [5.74, 6) is 0.569. The minimum absolute atomic E-state index is 0.218. The lowest BCUT2D eigenvalue weighted by Gasteiger charge is -2.25. The zero-order chi connectivity index (χ0) is 11.4. The van der Waals surface area contributed by atoms with Gasteiger partial charge in [0, 0.05) is 5.92 Å². The molecule has 1 heteroatoms. The lowest BCUT2D eigenvalue weighted by atomic mass is 9.84. The molecular formula is C15H18O. The molecule has 1 N–H and O–H groups in total. The van der Waals surface area contributed by atoms with Gasteiger partial charge >= 0.3 is 0 Å². The summed E-state index contributed by atoms with van der Waals surface area (Å²) >= 11 is 0. The van der Waals surface area contributed by atoms with E-state index >= 15 is 0 Å². The van der Waals surface area contributed by atoms with Crippen LogP contribution in [0.2, 0.25) is 0 Å². The molecule has 1 aliphatic rings. The van der Waals surface area contributed by atoms with Crippen molar-refractivity contribution >= 4 is 0 Å². The highest BCUT2D eigenvalue weighted by molar-refractivity contribution is 5.20. The van der Waals surface area contributed by atoms with Gasteiger partial charge in [-0.15, -0.1) is 0 Å². The van der Waals surface area contributed by atoms with Gasteiger partial charge in [0.25, 0.3) is 0 Å². The van der Waals surface area contributed by atoms with Crippen molar-refractivity contribution in [2.75, 3.05) is 0 Å². The molecule has 2 rings (SSSR count). The molecule has 0 spiro atoms.